The van der Waals surface area contributed by atoms with Crippen LogP contribution in [0.1, 0.15) is 18.3 Å². The zero-order chi connectivity index (χ0) is 21.4. The van der Waals surface area contributed by atoms with Crippen molar-refractivity contribution in [3.8, 4) is 5.75 Å². The Morgan fingerprint density at radius 2 is 1.79 bits per heavy atom. The van der Waals surface area contributed by atoms with Crippen LogP contribution in [0.5, 0.6) is 5.75 Å². The number of para-hydroxylation sites is 1. The Morgan fingerprint density at radius 3 is 2.34 bits per heavy atom. The number of aliphatic hydroxyl groups is 2. The van der Waals surface area contributed by atoms with Crippen LogP contribution in [-0.2, 0) is 28.1 Å². The molecule has 0 aliphatic carbocycles. The van der Waals surface area contributed by atoms with Crippen LogP contribution in [0.2, 0.25) is 0 Å². The number of hydrogen-bond donors (Lipinski definition) is 2. The second kappa shape index (κ2) is 10.2. The van der Waals surface area contributed by atoms with Crippen LogP contribution in [0.3, 0.4) is 0 Å². The average molecular weight is 427 g/mol. The Balaban J connectivity index is 2.19. The summed E-state index contributed by atoms with van der Waals surface area (Å²) in [5.41, 5.74) is -0.00563. The molecule has 158 valence electrons. The van der Waals surface area contributed by atoms with Crippen LogP contribution in [0.4, 0.5) is 5.69 Å². The first-order valence-corrected chi connectivity index (χ1v) is 10.0. The molecule has 11 nitrogen and oxygen atoms in total. The fourth-order valence-electron chi connectivity index (χ4n) is 2.44. The summed E-state index contributed by atoms with van der Waals surface area (Å²) in [6, 6.07) is 7.86. The number of nitrogens with zero attached hydrogens (tertiary/aromatic N) is 3. The quantitative estimate of drug-likeness (QED) is 0.395. The molecule has 12 heteroatoms. The van der Waals surface area contributed by atoms with Crippen molar-refractivity contribution in [2.75, 3.05) is 19.8 Å². The van der Waals surface area contributed by atoms with E-state index in [1.54, 1.807) is 6.92 Å². The summed E-state index contributed by atoms with van der Waals surface area (Å²) in [5, 5.41) is 29.6. The van der Waals surface area contributed by atoms with Gasteiger partial charge in [-0.3, -0.25) is 19.9 Å². The van der Waals surface area contributed by atoms with Crippen molar-refractivity contribution in [2.24, 2.45) is 0 Å². The maximum atomic E-state index is 12.9. The van der Waals surface area contributed by atoms with Gasteiger partial charge in [-0.15, -0.1) is 0 Å². The standard InChI is InChI=1S/C17H21N3O8S/c1-2-28-19(29(25,26)17-6-4-3-5-16(17)20(23)24)7-8-27-15-9-13(11-21)18-14(10-15)12-22/h3-6,9-10,21-22H,2,7-8,11-12H2,1H3. The molecule has 2 rings (SSSR count). The van der Waals surface area contributed by atoms with Gasteiger partial charge in [-0.2, -0.15) is 0 Å². The van der Waals surface area contributed by atoms with Gasteiger partial charge in [0.15, 0.2) is 4.90 Å². The van der Waals surface area contributed by atoms with Gasteiger partial charge in [0.25, 0.3) is 15.7 Å². The molecule has 0 bridgehead atoms. The minimum atomic E-state index is -4.32. The van der Waals surface area contributed by atoms with Gasteiger partial charge in [0, 0.05) is 18.2 Å². The molecular formula is C17H21N3O8S. The van der Waals surface area contributed by atoms with E-state index in [2.05, 4.69) is 4.98 Å². The third-order valence-corrected chi connectivity index (χ3v) is 5.38. The third kappa shape index (κ3) is 5.68. The summed E-state index contributed by atoms with van der Waals surface area (Å²) >= 11 is 0. The van der Waals surface area contributed by atoms with Gasteiger partial charge in [0.1, 0.15) is 12.4 Å². The number of hydroxylamine groups is 1. The maximum absolute atomic E-state index is 12.9. The van der Waals surface area contributed by atoms with Gasteiger partial charge in [-0.05, 0) is 13.0 Å². The van der Waals surface area contributed by atoms with E-state index in [4.69, 9.17) is 9.57 Å². The van der Waals surface area contributed by atoms with Gasteiger partial charge < -0.3 is 14.9 Å². The molecule has 2 aromatic rings. The van der Waals surface area contributed by atoms with Crippen LogP contribution in [0.25, 0.3) is 0 Å². The molecule has 0 atom stereocenters. The molecule has 0 fully saturated rings. The van der Waals surface area contributed by atoms with Crippen LogP contribution >= 0.6 is 0 Å². The molecule has 0 radical (unpaired) electrons. The highest BCUT2D eigenvalue weighted by molar-refractivity contribution is 7.89. The predicted octanol–water partition coefficient (Wildman–Crippen LogP) is 0.996. The van der Waals surface area contributed by atoms with Crippen molar-refractivity contribution in [1.29, 1.82) is 0 Å². The molecule has 1 aromatic carbocycles. The SMILES string of the molecule is CCON(CCOc1cc(CO)nc(CO)c1)S(=O)(=O)c1ccccc1[N+](=O)[O-]. The van der Waals surface area contributed by atoms with E-state index in [0.717, 1.165) is 12.1 Å². The topological polar surface area (TPSA) is 152 Å². The average Bonchev–Trinajstić information content (AvgIpc) is 2.72. The van der Waals surface area contributed by atoms with Crippen LogP contribution in [-0.4, -0.2) is 52.8 Å². The molecule has 0 unspecified atom stereocenters. The number of pyridine rings is 1. The first-order valence-electron chi connectivity index (χ1n) is 8.56. The molecule has 0 amide bonds. The van der Waals surface area contributed by atoms with Gasteiger partial charge in [-0.25, -0.2) is 8.42 Å². The fourth-order valence-corrected chi connectivity index (χ4v) is 3.87. The second-order valence-corrected chi connectivity index (χ2v) is 7.42. The number of nitro groups is 1. The van der Waals surface area contributed by atoms with E-state index in [9.17, 15) is 28.7 Å². The van der Waals surface area contributed by atoms with E-state index < -0.39 is 25.5 Å². The van der Waals surface area contributed by atoms with Crippen LogP contribution < -0.4 is 4.74 Å². The smallest absolute Gasteiger partial charge is 0.289 e. The molecule has 0 spiro atoms. The van der Waals surface area contributed by atoms with E-state index in [0.29, 0.717) is 4.47 Å². The first-order chi connectivity index (χ1) is 13.8. The number of hydrogen-bond acceptors (Lipinski definition) is 9. The second-order valence-electron chi connectivity index (χ2n) is 5.62. The van der Waals surface area contributed by atoms with Gasteiger partial charge in [-0.1, -0.05) is 16.6 Å². The Hall–Kier alpha value is -2.64. The van der Waals surface area contributed by atoms with Crippen LogP contribution in [0.15, 0.2) is 41.3 Å². The number of nitro benzene ring substituents is 1. The maximum Gasteiger partial charge on any atom is 0.289 e. The van der Waals surface area contributed by atoms with Gasteiger partial charge >= 0.3 is 0 Å². The van der Waals surface area contributed by atoms with Crippen molar-refractivity contribution < 1.29 is 33.1 Å². The third-order valence-electron chi connectivity index (χ3n) is 3.65. The molecule has 0 aliphatic rings. The molecule has 1 aromatic heterocycles. The molecule has 29 heavy (non-hydrogen) atoms. The Labute approximate surface area is 167 Å². The van der Waals surface area contributed by atoms with Crippen molar-refractivity contribution in [2.45, 2.75) is 25.0 Å². The van der Waals surface area contributed by atoms with E-state index in [1.165, 1.54) is 24.3 Å². The molecule has 2 N–H and O–H groups in total. The number of rotatable bonds is 11. The molecule has 0 aliphatic heterocycles. The van der Waals surface area contributed by atoms with Crippen LogP contribution in [0, 0.1) is 10.1 Å². The number of ether oxygens (including phenoxy) is 1. The normalized spacial score (nSPS) is 11.6. The predicted molar refractivity (Wildman–Crippen MR) is 100 cm³/mol. The minimum absolute atomic E-state index is 0.0123. The van der Waals surface area contributed by atoms with Crippen molar-refractivity contribution >= 4 is 15.7 Å². The van der Waals surface area contributed by atoms with Crippen molar-refractivity contribution in [1.82, 2.24) is 9.45 Å². The van der Waals surface area contributed by atoms with Crippen molar-refractivity contribution in [3.05, 3.63) is 57.9 Å². The largest absolute Gasteiger partial charge is 0.492 e. The lowest BCUT2D eigenvalue weighted by Gasteiger charge is -2.21. The number of sulfonamides is 1. The first kappa shape index (κ1) is 22.6. The highest BCUT2D eigenvalue weighted by atomic mass is 32.2. The minimum Gasteiger partial charge on any atom is -0.492 e. The van der Waals surface area contributed by atoms with E-state index >= 15 is 0 Å². The fraction of sp³-hybridized carbons (Fsp3) is 0.353. The Bertz CT molecular complexity index is 929. The molecule has 0 saturated carbocycles. The van der Waals surface area contributed by atoms with Crippen molar-refractivity contribution in [3.63, 3.8) is 0 Å². The number of aliphatic hydroxyl groups excluding tert-OH is 2. The number of benzene rings is 1. The molecule has 1 heterocycles. The highest BCUT2D eigenvalue weighted by Crippen LogP contribution is 2.26. The Morgan fingerprint density at radius 1 is 1.17 bits per heavy atom. The highest BCUT2D eigenvalue weighted by Gasteiger charge is 2.32. The lowest BCUT2D eigenvalue weighted by molar-refractivity contribution is -0.387. The molecular weight excluding hydrogens is 406 g/mol. The number of aromatic nitrogens is 1. The van der Waals surface area contributed by atoms with Gasteiger partial charge in [0.05, 0.1) is 42.7 Å². The zero-order valence-corrected chi connectivity index (χ0v) is 16.4. The summed E-state index contributed by atoms with van der Waals surface area (Å²) in [4.78, 5) is 19.1. The van der Waals surface area contributed by atoms with Gasteiger partial charge in [0.2, 0.25) is 0 Å². The summed E-state index contributed by atoms with van der Waals surface area (Å²) in [6.07, 6.45) is 0. The Kier molecular flexibility index (Phi) is 7.99. The monoisotopic (exact) mass is 427 g/mol. The zero-order valence-electron chi connectivity index (χ0n) is 15.6. The lowest BCUT2D eigenvalue weighted by Crippen LogP contribution is -2.35. The summed E-state index contributed by atoms with van der Waals surface area (Å²) < 4.78 is 31.8. The van der Waals surface area contributed by atoms with E-state index in [-0.39, 0.29) is 50.1 Å². The van der Waals surface area contributed by atoms with E-state index in [1.807, 2.05) is 0 Å². The molecule has 0 saturated heterocycles. The summed E-state index contributed by atoms with van der Waals surface area (Å²) in [6.45, 7) is 0.459. The summed E-state index contributed by atoms with van der Waals surface area (Å²) in [7, 11) is -4.32. The summed E-state index contributed by atoms with van der Waals surface area (Å²) in [5.74, 6) is 0.271. The lowest BCUT2D eigenvalue weighted by atomic mass is 10.3.